The molecule has 0 saturated carbocycles. The number of anilines is 1. The van der Waals surface area contributed by atoms with Gasteiger partial charge in [0.1, 0.15) is 5.75 Å². The Morgan fingerprint density at radius 2 is 1.79 bits per heavy atom. The van der Waals surface area contributed by atoms with Gasteiger partial charge in [-0.2, -0.15) is 0 Å². The zero-order valence-electron chi connectivity index (χ0n) is 14.5. The van der Waals surface area contributed by atoms with Gasteiger partial charge in [-0.1, -0.05) is 0 Å². The number of piperidine rings is 1. The van der Waals surface area contributed by atoms with E-state index in [4.69, 9.17) is 9.47 Å². The van der Waals surface area contributed by atoms with Crippen LogP contribution in [0.2, 0.25) is 0 Å². The van der Waals surface area contributed by atoms with Gasteiger partial charge in [-0.3, -0.25) is 9.59 Å². The van der Waals surface area contributed by atoms with Crippen LogP contribution in [0.15, 0.2) is 24.3 Å². The molecule has 132 valence electrons. The molecule has 0 unspecified atom stereocenters. The zero-order chi connectivity index (χ0) is 17.4. The van der Waals surface area contributed by atoms with Gasteiger partial charge in [-0.15, -0.1) is 0 Å². The van der Waals surface area contributed by atoms with E-state index in [0.29, 0.717) is 19.8 Å². The van der Waals surface area contributed by atoms with Crippen molar-refractivity contribution in [1.82, 2.24) is 0 Å². The Balaban J connectivity index is 1.74. The normalized spacial score (nSPS) is 20.2. The van der Waals surface area contributed by atoms with Crippen molar-refractivity contribution in [3.05, 3.63) is 24.3 Å². The number of esters is 1. The van der Waals surface area contributed by atoms with Crippen molar-refractivity contribution in [2.24, 2.45) is 5.92 Å². The fourth-order valence-corrected chi connectivity index (χ4v) is 2.93. The highest BCUT2D eigenvalue weighted by Crippen LogP contribution is 2.15. The van der Waals surface area contributed by atoms with Crippen LogP contribution in [0.3, 0.4) is 0 Å². The molecule has 0 aliphatic carbocycles. The van der Waals surface area contributed by atoms with E-state index in [-0.39, 0.29) is 17.8 Å². The maximum Gasteiger partial charge on any atom is 0.309 e. The number of hydrogen-bond donors (Lipinski definition) is 2. The van der Waals surface area contributed by atoms with Crippen LogP contribution in [-0.4, -0.2) is 44.7 Å². The lowest BCUT2D eigenvalue weighted by molar-refractivity contribution is -0.897. The van der Waals surface area contributed by atoms with Crippen molar-refractivity contribution in [3.8, 4) is 5.75 Å². The summed E-state index contributed by atoms with van der Waals surface area (Å²) < 4.78 is 10.4. The Morgan fingerprint density at radius 1 is 1.12 bits per heavy atom. The van der Waals surface area contributed by atoms with Crippen LogP contribution >= 0.6 is 0 Å². The summed E-state index contributed by atoms with van der Waals surface area (Å²) in [4.78, 5) is 25.1. The quantitative estimate of drug-likeness (QED) is 0.726. The van der Waals surface area contributed by atoms with Gasteiger partial charge in [0, 0.05) is 18.5 Å². The molecule has 1 amide bonds. The van der Waals surface area contributed by atoms with Crippen molar-refractivity contribution in [1.29, 1.82) is 0 Å². The van der Waals surface area contributed by atoms with Gasteiger partial charge in [0.25, 0.3) is 5.91 Å². The van der Waals surface area contributed by atoms with Crippen LogP contribution < -0.4 is 15.0 Å². The molecule has 1 fully saturated rings. The van der Waals surface area contributed by atoms with Gasteiger partial charge in [0.05, 0.1) is 32.2 Å². The summed E-state index contributed by atoms with van der Waals surface area (Å²) in [5.41, 5.74) is 0.768. The molecule has 6 heteroatoms. The molecule has 1 aromatic carbocycles. The summed E-state index contributed by atoms with van der Waals surface area (Å²) in [6, 6.07) is 7.37. The molecular weight excluding hydrogens is 308 g/mol. The van der Waals surface area contributed by atoms with Crippen molar-refractivity contribution in [2.45, 2.75) is 26.7 Å². The lowest BCUT2D eigenvalue weighted by Crippen LogP contribution is -3.14. The highest BCUT2D eigenvalue weighted by atomic mass is 16.5. The number of quaternary nitrogens is 1. The Kier molecular flexibility index (Phi) is 7.06. The average molecular weight is 335 g/mol. The third kappa shape index (κ3) is 5.53. The predicted molar refractivity (Wildman–Crippen MR) is 91.2 cm³/mol. The number of rotatable bonds is 7. The summed E-state index contributed by atoms with van der Waals surface area (Å²) in [5.74, 6) is 0.671. The molecule has 0 spiro atoms. The minimum atomic E-state index is -0.101. The van der Waals surface area contributed by atoms with Gasteiger partial charge >= 0.3 is 5.97 Å². The van der Waals surface area contributed by atoms with Crippen molar-refractivity contribution >= 4 is 17.6 Å². The Hall–Kier alpha value is -2.08. The number of likely N-dealkylation sites (tertiary alicyclic amines) is 1. The van der Waals surface area contributed by atoms with Crippen LogP contribution in [-0.2, 0) is 14.3 Å². The first kappa shape index (κ1) is 18.3. The van der Waals surface area contributed by atoms with Crippen LogP contribution in [0.1, 0.15) is 26.7 Å². The monoisotopic (exact) mass is 335 g/mol. The smallest absolute Gasteiger partial charge is 0.309 e. The SMILES string of the molecule is CCOC(=O)C1CC[NH+](CC(=O)Nc2ccc(OCC)cc2)CC1. The molecule has 1 aliphatic heterocycles. The van der Waals surface area contributed by atoms with Gasteiger partial charge in [0.2, 0.25) is 0 Å². The van der Waals surface area contributed by atoms with E-state index < -0.39 is 0 Å². The van der Waals surface area contributed by atoms with E-state index in [2.05, 4.69) is 5.32 Å². The van der Waals surface area contributed by atoms with Crippen LogP contribution in [0.4, 0.5) is 5.69 Å². The largest absolute Gasteiger partial charge is 0.494 e. The number of nitrogens with one attached hydrogen (secondary N) is 2. The minimum absolute atomic E-state index is 0.0104. The molecule has 24 heavy (non-hydrogen) atoms. The van der Waals surface area contributed by atoms with E-state index in [1.165, 1.54) is 4.90 Å². The topological polar surface area (TPSA) is 69.1 Å². The van der Waals surface area contributed by atoms with Crippen molar-refractivity contribution in [2.75, 3.05) is 38.2 Å². The second-order valence-corrected chi connectivity index (χ2v) is 5.96. The molecule has 6 nitrogen and oxygen atoms in total. The van der Waals surface area contributed by atoms with E-state index in [9.17, 15) is 9.59 Å². The van der Waals surface area contributed by atoms with E-state index in [1.54, 1.807) is 0 Å². The third-order valence-corrected chi connectivity index (χ3v) is 4.17. The average Bonchev–Trinajstić information content (AvgIpc) is 2.58. The Bertz CT molecular complexity index is 536. The molecular formula is C18H27N2O4+. The van der Waals surface area contributed by atoms with E-state index in [1.807, 2.05) is 38.1 Å². The fourth-order valence-electron chi connectivity index (χ4n) is 2.93. The summed E-state index contributed by atoms with van der Waals surface area (Å²) in [7, 11) is 0. The van der Waals surface area contributed by atoms with Gasteiger partial charge in [0.15, 0.2) is 6.54 Å². The minimum Gasteiger partial charge on any atom is -0.494 e. The molecule has 2 N–H and O–H groups in total. The summed E-state index contributed by atoms with van der Waals surface area (Å²) in [6.45, 7) is 6.86. The van der Waals surface area contributed by atoms with Crippen molar-refractivity contribution < 1.29 is 24.0 Å². The maximum atomic E-state index is 12.2. The lowest BCUT2D eigenvalue weighted by Gasteiger charge is -2.27. The van der Waals surface area contributed by atoms with Gasteiger partial charge in [-0.25, -0.2) is 0 Å². The lowest BCUT2D eigenvalue weighted by atomic mass is 9.97. The summed E-state index contributed by atoms with van der Waals surface area (Å²) >= 11 is 0. The van der Waals surface area contributed by atoms with Crippen LogP contribution in [0.25, 0.3) is 0 Å². The van der Waals surface area contributed by atoms with E-state index >= 15 is 0 Å². The Labute approximate surface area is 143 Å². The predicted octanol–water partition coefficient (Wildman–Crippen LogP) is 0.882. The highest BCUT2D eigenvalue weighted by Gasteiger charge is 2.29. The molecule has 0 bridgehead atoms. The first-order chi connectivity index (χ1) is 11.6. The Morgan fingerprint density at radius 3 is 2.38 bits per heavy atom. The first-order valence-electron chi connectivity index (χ1n) is 8.65. The number of carbonyl (C=O) groups is 2. The molecule has 1 saturated heterocycles. The summed E-state index contributed by atoms with van der Waals surface area (Å²) in [5, 5.41) is 2.91. The molecule has 1 aliphatic rings. The van der Waals surface area contributed by atoms with Crippen LogP contribution in [0, 0.1) is 5.92 Å². The molecule has 1 heterocycles. The molecule has 0 radical (unpaired) electrons. The standard InChI is InChI=1S/C18H26N2O4/c1-3-23-16-7-5-15(6-8-16)19-17(21)13-20-11-9-14(10-12-20)18(22)24-4-2/h5-8,14H,3-4,9-13H2,1-2H3,(H,19,21)/p+1. The highest BCUT2D eigenvalue weighted by molar-refractivity contribution is 5.91. The second-order valence-electron chi connectivity index (χ2n) is 5.96. The molecule has 2 rings (SSSR count). The number of benzene rings is 1. The van der Waals surface area contributed by atoms with Crippen LogP contribution in [0.5, 0.6) is 5.75 Å². The van der Waals surface area contributed by atoms with E-state index in [0.717, 1.165) is 37.4 Å². The maximum absolute atomic E-state index is 12.2. The molecule has 0 aromatic heterocycles. The fraction of sp³-hybridized carbons (Fsp3) is 0.556. The van der Waals surface area contributed by atoms with Gasteiger partial charge in [-0.05, 0) is 38.1 Å². The third-order valence-electron chi connectivity index (χ3n) is 4.17. The van der Waals surface area contributed by atoms with Gasteiger partial charge < -0.3 is 19.7 Å². The second kappa shape index (κ2) is 9.27. The number of carbonyl (C=O) groups excluding carboxylic acids is 2. The first-order valence-corrected chi connectivity index (χ1v) is 8.65. The number of amides is 1. The number of ether oxygens (including phenoxy) is 2. The van der Waals surface area contributed by atoms with Crippen molar-refractivity contribution in [3.63, 3.8) is 0 Å². The molecule has 0 atom stereocenters. The molecule has 1 aromatic rings. The number of hydrogen-bond acceptors (Lipinski definition) is 4. The zero-order valence-corrected chi connectivity index (χ0v) is 14.5. The summed E-state index contributed by atoms with van der Waals surface area (Å²) in [6.07, 6.45) is 1.56.